The molecule has 0 amide bonds. The van der Waals surface area contributed by atoms with Crippen molar-refractivity contribution in [2.24, 2.45) is 5.92 Å². The summed E-state index contributed by atoms with van der Waals surface area (Å²) in [6.07, 6.45) is 8.31. The zero-order chi connectivity index (χ0) is 13.5. The largest absolute Gasteiger partial charge is 0.381 e. The maximum absolute atomic E-state index is 5.72. The second kappa shape index (κ2) is 8.23. The Morgan fingerprint density at radius 3 is 2.58 bits per heavy atom. The molecule has 1 aliphatic carbocycles. The molecule has 0 spiro atoms. The fourth-order valence-electron chi connectivity index (χ4n) is 3.79. The Labute approximate surface area is 119 Å². The van der Waals surface area contributed by atoms with Crippen molar-refractivity contribution >= 4 is 0 Å². The van der Waals surface area contributed by atoms with Crippen LogP contribution in [0.1, 0.15) is 52.4 Å². The quantitative estimate of drug-likeness (QED) is 0.801. The minimum atomic E-state index is 0.663. The van der Waals surface area contributed by atoms with Crippen LogP contribution in [0.15, 0.2) is 0 Å². The molecule has 3 heteroatoms. The van der Waals surface area contributed by atoms with Crippen molar-refractivity contribution in [3.63, 3.8) is 0 Å². The van der Waals surface area contributed by atoms with E-state index in [2.05, 4.69) is 24.1 Å². The maximum Gasteiger partial charge on any atom is 0.0521 e. The lowest BCUT2D eigenvalue weighted by atomic mass is 9.91. The lowest BCUT2D eigenvalue weighted by molar-refractivity contribution is 0.00818. The monoisotopic (exact) mass is 268 g/mol. The number of nitrogens with zero attached hydrogens (tertiary/aromatic N) is 1. The van der Waals surface area contributed by atoms with Gasteiger partial charge < -0.3 is 15.0 Å². The highest BCUT2D eigenvalue weighted by Crippen LogP contribution is 2.25. The molecule has 2 unspecified atom stereocenters. The van der Waals surface area contributed by atoms with E-state index in [9.17, 15) is 0 Å². The Hall–Kier alpha value is -0.120. The molecule has 0 aromatic rings. The minimum absolute atomic E-state index is 0.663. The smallest absolute Gasteiger partial charge is 0.0521 e. The van der Waals surface area contributed by atoms with E-state index >= 15 is 0 Å². The van der Waals surface area contributed by atoms with Crippen LogP contribution in [0, 0.1) is 5.92 Å². The molecule has 0 radical (unpaired) electrons. The summed E-state index contributed by atoms with van der Waals surface area (Å²) in [5.74, 6) is 0.676. The molecule has 1 saturated carbocycles. The number of nitrogens with one attached hydrogen (secondary N) is 1. The van der Waals surface area contributed by atoms with E-state index in [1.54, 1.807) is 0 Å². The van der Waals surface area contributed by atoms with Gasteiger partial charge in [-0.1, -0.05) is 33.1 Å². The molecule has 3 nitrogen and oxygen atoms in total. The summed E-state index contributed by atoms with van der Waals surface area (Å²) in [5.41, 5.74) is 0. The highest BCUT2D eigenvalue weighted by Gasteiger charge is 2.29. The number of hydrogen-bond donors (Lipinski definition) is 1. The molecule has 0 aromatic heterocycles. The maximum atomic E-state index is 5.72. The molecule has 19 heavy (non-hydrogen) atoms. The molecule has 1 saturated heterocycles. The van der Waals surface area contributed by atoms with E-state index < -0.39 is 0 Å². The summed E-state index contributed by atoms with van der Waals surface area (Å²) < 4.78 is 5.72. The van der Waals surface area contributed by atoms with Crippen molar-refractivity contribution < 1.29 is 4.74 Å². The fraction of sp³-hybridized carbons (Fsp3) is 1.00. The van der Waals surface area contributed by atoms with Gasteiger partial charge in [-0.15, -0.1) is 0 Å². The molecular formula is C16H32N2O. The molecule has 0 bridgehead atoms. The normalized spacial score (nSPS) is 29.8. The van der Waals surface area contributed by atoms with Gasteiger partial charge in [-0.2, -0.15) is 0 Å². The van der Waals surface area contributed by atoms with Crippen LogP contribution >= 0.6 is 0 Å². The summed E-state index contributed by atoms with van der Waals surface area (Å²) in [6, 6.07) is 1.50. The van der Waals surface area contributed by atoms with Crippen LogP contribution in [-0.4, -0.2) is 49.8 Å². The second-order valence-electron chi connectivity index (χ2n) is 6.17. The Morgan fingerprint density at radius 2 is 1.89 bits per heavy atom. The summed E-state index contributed by atoms with van der Waals surface area (Å²) >= 11 is 0. The predicted molar refractivity (Wildman–Crippen MR) is 80.5 cm³/mol. The first-order valence-corrected chi connectivity index (χ1v) is 8.40. The molecular weight excluding hydrogens is 236 g/mol. The first kappa shape index (κ1) is 15.3. The highest BCUT2D eigenvalue weighted by molar-refractivity contribution is 4.84. The second-order valence-corrected chi connectivity index (χ2v) is 6.17. The first-order valence-electron chi connectivity index (χ1n) is 8.40. The SMILES string of the molecule is CCNC1CCOCC1CN(CC)C1CCCCC1. The number of ether oxygens (including phenoxy) is 1. The average molecular weight is 268 g/mol. The van der Waals surface area contributed by atoms with Crippen LogP contribution in [0.25, 0.3) is 0 Å². The highest BCUT2D eigenvalue weighted by atomic mass is 16.5. The van der Waals surface area contributed by atoms with Crippen molar-refractivity contribution in [2.45, 2.75) is 64.5 Å². The topological polar surface area (TPSA) is 24.5 Å². The standard InChI is InChI=1S/C16H32N2O/c1-3-17-16-10-11-19-13-14(16)12-18(4-2)15-8-6-5-7-9-15/h14-17H,3-13H2,1-2H3. The zero-order valence-electron chi connectivity index (χ0n) is 12.9. The van der Waals surface area contributed by atoms with Gasteiger partial charge in [0.2, 0.25) is 0 Å². The predicted octanol–water partition coefficient (Wildman–Crippen LogP) is 2.66. The lowest BCUT2D eigenvalue weighted by Crippen LogP contribution is -2.50. The summed E-state index contributed by atoms with van der Waals surface area (Å²) in [6.45, 7) is 9.91. The Bertz CT molecular complexity index is 228. The first-order chi connectivity index (χ1) is 9.35. The van der Waals surface area contributed by atoms with Gasteiger partial charge in [0.1, 0.15) is 0 Å². The van der Waals surface area contributed by atoms with E-state index in [-0.39, 0.29) is 0 Å². The lowest BCUT2D eigenvalue weighted by Gasteiger charge is -2.40. The van der Waals surface area contributed by atoms with Gasteiger partial charge in [0.15, 0.2) is 0 Å². The van der Waals surface area contributed by atoms with Gasteiger partial charge in [-0.25, -0.2) is 0 Å². The molecule has 1 aliphatic heterocycles. The van der Waals surface area contributed by atoms with Crippen molar-refractivity contribution in [1.29, 1.82) is 0 Å². The van der Waals surface area contributed by atoms with Crippen molar-refractivity contribution in [1.82, 2.24) is 10.2 Å². The Morgan fingerprint density at radius 1 is 1.11 bits per heavy atom. The van der Waals surface area contributed by atoms with Crippen LogP contribution in [0.2, 0.25) is 0 Å². The molecule has 0 aromatic carbocycles. The number of hydrogen-bond acceptors (Lipinski definition) is 3. The van der Waals surface area contributed by atoms with Crippen LogP contribution in [0.3, 0.4) is 0 Å². The van der Waals surface area contributed by atoms with Gasteiger partial charge in [0.25, 0.3) is 0 Å². The van der Waals surface area contributed by atoms with E-state index in [1.807, 2.05) is 0 Å². The van der Waals surface area contributed by atoms with E-state index in [1.165, 1.54) is 51.6 Å². The molecule has 1 N–H and O–H groups in total. The van der Waals surface area contributed by atoms with Crippen molar-refractivity contribution in [2.75, 3.05) is 32.8 Å². The summed E-state index contributed by atoms with van der Waals surface area (Å²) in [5, 5.41) is 3.66. The van der Waals surface area contributed by atoms with Crippen molar-refractivity contribution in [3.8, 4) is 0 Å². The average Bonchev–Trinajstić information content (AvgIpc) is 2.47. The van der Waals surface area contributed by atoms with Crippen LogP contribution in [0.4, 0.5) is 0 Å². The van der Waals surface area contributed by atoms with E-state index in [0.717, 1.165) is 25.8 Å². The van der Waals surface area contributed by atoms with Gasteiger partial charge >= 0.3 is 0 Å². The Balaban J connectivity index is 1.87. The third kappa shape index (κ3) is 4.44. The van der Waals surface area contributed by atoms with Gasteiger partial charge in [0.05, 0.1) is 6.61 Å². The van der Waals surface area contributed by atoms with Gasteiger partial charge in [-0.05, 0) is 32.4 Å². The molecule has 2 atom stereocenters. The third-order valence-corrected chi connectivity index (χ3v) is 4.91. The van der Waals surface area contributed by atoms with Crippen molar-refractivity contribution in [3.05, 3.63) is 0 Å². The van der Waals surface area contributed by atoms with Crippen LogP contribution < -0.4 is 5.32 Å². The summed E-state index contributed by atoms with van der Waals surface area (Å²) in [4.78, 5) is 2.73. The van der Waals surface area contributed by atoms with Gasteiger partial charge in [-0.3, -0.25) is 0 Å². The van der Waals surface area contributed by atoms with Gasteiger partial charge in [0, 0.05) is 31.2 Å². The molecule has 2 fully saturated rings. The molecule has 2 aliphatic rings. The zero-order valence-corrected chi connectivity index (χ0v) is 12.9. The molecule has 2 rings (SSSR count). The van der Waals surface area contributed by atoms with E-state index in [0.29, 0.717) is 12.0 Å². The molecule has 112 valence electrons. The van der Waals surface area contributed by atoms with Crippen LogP contribution in [0.5, 0.6) is 0 Å². The third-order valence-electron chi connectivity index (χ3n) is 4.91. The van der Waals surface area contributed by atoms with E-state index in [4.69, 9.17) is 4.74 Å². The van der Waals surface area contributed by atoms with Crippen LogP contribution in [-0.2, 0) is 4.74 Å². The minimum Gasteiger partial charge on any atom is -0.381 e. The molecule has 1 heterocycles. The summed E-state index contributed by atoms with van der Waals surface area (Å²) in [7, 11) is 0. The fourth-order valence-corrected chi connectivity index (χ4v) is 3.79. The number of rotatable bonds is 6. The Kier molecular flexibility index (Phi) is 6.62.